The van der Waals surface area contributed by atoms with E-state index in [0.29, 0.717) is 6.54 Å². The summed E-state index contributed by atoms with van der Waals surface area (Å²) in [6, 6.07) is 12.4. The molecule has 0 saturated carbocycles. The third-order valence-electron chi connectivity index (χ3n) is 4.15. The third-order valence-corrected chi connectivity index (χ3v) is 4.15. The first-order valence-electron chi connectivity index (χ1n) is 7.39. The Morgan fingerprint density at radius 1 is 1.24 bits per heavy atom. The Labute approximate surface area is 125 Å². The van der Waals surface area contributed by atoms with Crippen LogP contribution >= 0.6 is 0 Å². The normalized spacial score (nSPS) is 18.3. The van der Waals surface area contributed by atoms with Gasteiger partial charge in [0.25, 0.3) is 0 Å². The van der Waals surface area contributed by atoms with Gasteiger partial charge in [-0.05, 0) is 38.1 Å². The number of aromatic nitrogens is 1. The molecule has 0 bridgehead atoms. The maximum absolute atomic E-state index is 12.2. The molecule has 1 unspecified atom stereocenters. The number of benzene rings is 1. The lowest BCUT2D eigenvalue weighted by Crippen LogP contribution is -2.41. The SMILES string of the molecule is Cc1ccc(NC(=O)CN2CCn3cccc3C2C)cc1. The summed E-state index contributed by atoms with van der Waals surface area (Å²) in [5.74, 6) is 0.0470. The van der Waals surface area contributed by atoms with E-state index in [4.69, 9.17) is 0 Å². The van der Waals surface area contributed by atoms with Gasteiger partial charge in [0.15, 0.2) is 0 Å². The molecule has 21 heavy (non-hydrogen) atoms. The maximum Gasteiger partial charge on any atom is 0.238 e. The quantitative estimate of drug-likeness (QED) is 0.940. The van der Waals surface area contributed by atoms with Crippen LogP contribution in [0.25, 0.3) is 0 Å². The van der Waals surface area contributed by atoms with Crippen LogP contribution in [0.3, 0.4) is 0 Å². The smallest absolute Gasteiger partial charge is 0.238 e. The second kappa shape index (κ2) is 5.74. The molecule has 1 aromatic carbocycles. The lowest BCUT2D eigenvalue weighted by atomic mass is 10.1. The maximum atomic E-state index is 12.2. The van der Waals surface area contributed by atoms with Crippen molar-refractivity contribution in [2.24, 2.45) is 0 Å². The Kier molecular flexibility index (Phi) is 3.80. The first-order chi connectivity index (χ1) is 10.1. The van der Waals surface area contributed by atoms with E-state index in [0.717, 1.165) is 18.8 Å². The van der Waals surface area contributed by atoms with Crippen molar-refractivity contribution in [3.8, 4) is 0 Å². The highest BCUT2D eigenvalue weighted by Crippen LogP contribution is 2.24. The fraction of sp³-hybridized carbons (Fsp3) is 0.353. The minimum Gasteiger partial charge on any atom is -0.349 e. The molecule has 1 aliphatic heterocycles. The molecule has 2 aromatic rings. The molecule has 0 saturated heterocycles. The summed E-state index contributed by atoms with van der Waals surface area (Å²) < 4.78 is 2.26. The molecule has 1 aliphatic rings. The van der Waals surface area contributed by atoms with Crippen molar-refractivity contribution in [1.29, 1.82) is 0 Å². The van der Waals surface area contributed by atoms with E-state index in [1.807, 2.05) is 31.2 Å². The zero-order valence-corrected chi connectivity index (χ0v) is 12.5. The number of amides is 1. The lowest BCUT2D eigenvalue weighted by molar-refractivity contribution is -0.118. The van der Waals surface area contributed by atoms with Crippen molar-refractivity contribution in [3.63, 3.8) is 0 Å². The molecule has 1 N–H and O–H groups in total. The first kappa shape index (κ1) is 13.9. The van der Waals surface area contributed by atoms with Gasteiger partial charge in [-0.3, -0.25) is 9.69 Å². The molecular formula is C17H21N3O. The van der Waals surface area contributed by atoms with E-state index < -0.39 is 0 Å². The Hall–Kier alpha value is -2.07. The van der Waals surface area contributed by atoms with Crippen molar-refractivity contribution in [3.05, 3.63) is 53.9 Å². The predicted molar refractivity (Wildman–Crippen MR) is 84.2 cm³/mol. The number of hydrogen-bond donors (Lipinski definition) is 1. The zero-order valence-electron chi connectivity index (χ0n) is 12.5. The second-order valence-corrected chi connectivity index (χ2v) is 5.69. The van der Waals surface area contributed by atoms with Gasteiger partial charge in [0, 0.05) is 36.7 Å². The number of carbonyl (C=O) groups excluding carboxylic acids is 1. The van der Waals surface area contributed by atoms with Crippen LogP contribution in [0.5, 0.6) is 0 Å². The summed E-state index contributed by atoms with van der Waals surface area (Å²) in [6.07, 6.45) is 2.11. The highest BCUT2D eigenvalue weighted by atomic mass is 16.2. The molecule has 0 spiro atoms. The number of carbonyl (C=O) groups is 1. The molecule has 1 atom stereocenters. The number of aryl methyl sites for hydroxylation is 1. The Morgan fingerprint density at radius 2 is 2.00 bits per heavy atom. The highest BCUT2D eigenvalue weighted by molar-refractivity contribution is 5.92. The predicted octanol–water partition coefficient (Wildman–Crippen LogP) is 2.81. The number of nitrogens with one attached hydrogen (secondary N) is 1. The molecule has 1 aromatic heterocycles. The van der Waals surface area contributed by atoms with Crippen molar-refractivity contribution >= 4 is 11.6 Å². The fourth-order valence-electron chi connectivity index (χ4n) is 2.86. The summed E-state index contributed by atoms with van der Waals surface area (Å²) >= 11 is 0. The van der Waals surface area contributed by atoms with Crippen LogP contribution in [0.2, 0.25) is 0 Å². The van der Waals surface area contributed by atoms with Crippen LogP contribution in [0.1, 0.15) is 24.2 Å². The van der Waals surface area contributed by atoms with Crippen molar-refractivity contribution < 1.29 is 4.79 Å². The minimum atomic E-state index is 0.0470. The molecule has 0 aliphatic carbocycles. The summed E-state index contributed by atoms with van der Waals surface area (Å²) in [5.41, 5.74) is 3.33. The molecule has 110 valence electrons. The molecule has 2 heterocycles. The second-order valence-electron chi connectivity index (χ2n) is 5.69. The molecule has 0 radical (unpaired) electrons. The minimum absolute atomic E-state index is 0.0470. The number of nitrogens with zero attached hydrogens (tertiary/aromatic N) is 2. The Balaban J connectivity index is 1.62. The third kappa shape index (κ3) is 3.00. The average molecular weight is 283 g/mol. The van der Waals surface area contributed by atoms with Crippen LogP contribution in [0.15, 0.2) is 42.6 Å². The Bertz CT molecular complexity index is 630. The van der Waals surface area contributed by atoms with Gasteiger partial charge in [-0.15, -0.1) is 0 Å². The monoisotopic (exact) mass is 283 g/mol. The van der Waals surface area contributed by atoms with Gasteiger partial charge in [0.1, 0.15) is 0 Å². The Morgan fingerprint density at radius 3 is 2.76 bits per heavy atom. The van der Waals surface area contributed by atoms with Crippen LogP contribution < -0.4 is 5.32 Å². The van der Waals surface area contributed by atoms with E-state index in [9.17, 15) is 4.79 Å². The van der Waals surface area contributed by atoms with Crippen LogP contribution in [0.4, 0.5) is 5.69 Å². The molecule has 1 amide bonds. The van der Waals surface area contributed by atoms with E-state index in [2.05, 4.69) is 40.0 Å². The number of hydrogen-bond acceptors (Lipinski definition) is 2. The van der Waals surface area contributed by atoms with Crippen molar-refractivity contribution in [2.45, 2.75) is 26.4 Å². The van der Waals surface area contributed by atoms with Gasteiger partial charge in [0.2, 0.25) is 5.91 Å². The summed E-state index contributed by atoms with van der Waals surface area (Å²) in [4.78, 5) is 14.4. The van der Waals surface area contributed by atoms with Gasteiger partial charge in [0.05, 0.1) is 6.54 Å². The number of rotatable bonds is 3. The standard InChI is InChI=1S/C17H21N3O/c1-13-5-7-15(8-6-13)18-17(21)12-20-11-10-19-9-3-4-16(19)14(20)2/h3-9,14H,10-12H2,1-2H3,(H,18,21). The highest BCUT2D eigenvalue weighted by Gasteiger charge is 2.24. The van der Waals surface area contributed by atoms with E-state index in [-0.39, 0.29) is 11.9 Å². The number of anilines is 1. The van der Waals surface area contributed by atoms with Crippen LogP contribution in [0, 0.1) is 6.92 Å². The zero-order chi connectivity index (χ0) is 14.8. The fourth-order valence-corrected chi connectivity index (χ4v) is 2.86. The summed E-state index contributed by atoms with van der Waals surface area (Å²) in [6.45, 7) is 6.48. The van der Waals surface area contributed by atoms with Crippen LogP contribution in [-0.2, 0) is 11.3 Å². The van der Waals surface area contributed by atoms with Gasteiger partial charge >= 0.3 is 0 Å². The van der Waals surface area contributed by atoms with E-state index >= 15 is 0 Å². The van der Waals surface area contributed by atoms with E-state index in [1.54, 1.807) is 0 Å². The average Bonchev–Trinajstić information content (AvgIpc) is 2.94. The van der Waals surface area contributed by atoms with Gasteiger partial charge in [-0.25, -0.2) is 0 Å². The van der Waals surface area contributed by atoms with Gasteiger partial charge in [-0.1, -0.05) is 17.7 Å². The molecule has 0 fully saturated rings. The topological polar surface area (TPSA) is 37.3 Å². The summed E-state index contributed by atoms with van der Waals surface area (Å²) in [5, 5.41) is 2.97. The summed E-state index contributed by atoms with van der Waals surface area (Å²) in [7, 11) is 0. The van der Waals surface area contributed by atoms with E-state index in [1.165, 1.54) is 11.3 Å². The van der Waals surface area contributed by atoms with Crippen LogP contribution in [-0.4, -0.2) is 28.5 Å². The molecule has 4 nitrogen and oxygen atoms in total. The largest absolute Gasteiger partial charge is 0.349 e. The van der Waals surface area contributed by atoms with Gasteiger partial charge in [-0.2, -0.15) is 0 Å². The lowest BCUT2D eigenvalue weighted by Gasteiger charge is -2.34. The molecular weight excluding hydrogens is 262 g/mol. The molecule has 3 rings (SSSR count). The first-order valence-corrected chi connectivity index (χ1v) is 7.39. The van der Waals surface area contributed by atoms with Crippen molar-refractivity contribution in [1.82, 2.24) is 9.47 Å². The number of fused-ring (bicyclic) bond motifs is 1. The molecule has 4 heteroatoms. The van der Waals surface area contributed by atoms with Crippen molar-refractivity contribution in [2.75, 3.05) is 18.4 Å². The van der Waals surface area contributed by atoms with Gasteiger partial charge < -0.3 is 9.88 Å².